The molecular formula is C18H16ClN5O4. The highest BCUT2D eigenvalue weighted by Crippen LogP contribution is 2.33. The van der Waals surface area contributed by atoms with Gasteiger partial charge in [0.1, 0.15) is 18.8 Å². The van der Waals surface area contributed by atoms with E-state index in [4.69, 9.17) is 26.3 Å². The summed E-state index contributed by atoms with van der Waals surface area (Å²) in [4.78, 5) is 12.5. The smallest absolute Gasteiger partial charge is 0.247 e. The van der Waals surface area contributed by atoms with Crippen molar-refractivity contribution in [3.05, 3.63) is 47.0 Å². The Morgan fingerprint density at radius 1 is 1.25 bits per heavy atom. The molecular weight excluding hydrogens is 386 g/mol. The van der Waals surface area contributed by atoms with E-state index < -0.39 is 24.5 Å². The van der Waals surface area contributed by atoms with E-state index in [2.05, 4.69) is 21.0 Å². The van der Waals surface area contributed by atoms with Crippen LogP contribution in [0.3, 0.4) is 0 Å². The van der Waals surface area contributed by atoms with Gasteiger partial charge in [0.15, 0.2) is 17.4 Å². The van der Waals surface area contributed by atoms with E-state index in [0.29, 0.717) is 16.7 Å². The maximum Gasteiger partial charge on any atom is 0.247 e. The highest BCUT2D eigenvalue weighted by molar-refractivity contribution is 6.28. The van der Waals surface area contributed by atoms with Crippen LogP contribution in [0, 0.1) is 11.3 Å². The number of aromatic nitrogens is 4. The van der Waals surface area contributed by atoms with Crippen LogP contribution in [0.1, 0.15) is 24.3 Å². The first kappa shape index (κ1) is 18.6. The molecule has 3 heterocycles. The van der Waals surface area contributed by atoms with E-state index in [0.717, 1.165) is 5.56 Å². The molecule has 0 unspecified atom stereocenters. The molecule has 4 rings (SSSR count). The molecule has 1 aliphatic heterocycles. The Hall–Kier alpha value is -2.77. The number of halogens is 1. The van der Waals surface area contributed by atoms with Crippen LogP contribution < -0.4 is 4.74 Å². The van der Waals surface area contributed by atoms with Crippen molar-refractivity contribution < 1.29 is 19.7 Å². The minimum absolute atomic E-state index is 0.0508. The van der Waals surface area contributed by atoms with Crippen LogP contribution in [0.5, 0.6) is 5.88 Å². The zero-order valence-electron chi connectivity index (χ0n) is 14.7. The van der Waals surface area contributed by atoms with Gasteiger partial charge in [-0.1, -0.05) is 12.1 Å². The predicted molar refractivity (Wildman–Crippen MR) is 97.4 cm³/mol. The van der Waals surface area contributed by atoms with Gasteiger partial charge < -0.3 is 19.7 Å². The fourth-order valence-corrected chi connectivity index (χ4v) is 3.19. The second-order valence-electron chi connectivity index (χ2n) is 6.43. The lowest BCUT2D eigenvalue weighted by molar-refractivity contribution is -0.0299. The maximum atomic E-state index is 10.2. The third-order valence-corrected chi connectivity index (χ3v) is 4.74. The van der Waals surface area contributed by atoms with Crippen LogP contribution in [-0.2, 0) is 11.3 Å². The third kappa shape index (κ3) is 3.27. The molecule has 9 nitrogen and oxygen atoms in total. The van der Waals surface area contributed by atoms with Crippen LogP contribution in [0.4, 0.5) is 0 Å². The standard InChI is InChI=1S/C18H16ClN5O4/c1-9-13(25)14(26)17(28-9)24-8-21-12-15(24)22-18(19)23-16(12)27-7-11-4-2-10(6-20)3-5-11/h2-5,8-9,13-14,17,25-26H,7H2,1H3/t9-,13-,14-,17-/m1/s1. The summed E-state index contributed by atoms with van der Waals surface area (Å²) in [7, 11) is 0. The minimum Gasteiger partial charge on any atom is -0.471 e. The molecule has 1 aromatic carbocycles. The number of rotatable bonds is 4. The zero-order valence-corrected chi connectivity index (χ0v) is 15.5. The summed E-state index contributed by atoms with van der Waals surface area (Å²) in [6.07, 6.45) is -2.12. The normalized spacial score (nSPS) is 24.4. The van der Waals surface area contributed by atoms with Crippen molar-refractivity contribution in [2.24, 2.45) is 0 Å². The van der Waals surface area contributed by atoms with Crippen molar-refractivity contribution in [2.75, 3.05) is 0 Å². The second-order valence-corrected chi connectivity index (χ2v) is 6.77. The van der Waals surface area contributed by atoms with Gasteiger partial charge in [-0.15, -0.1) is 0 Å². The summed E-state index contributed by atoms with van der Waals surface area (Å²) in [6.45, 7) is 1.86. The minimum atomic E-state index is -1.14. The molecule has 144 valence electrons. The van der Waals surface area contributed by atoms with E-state index in [-0.39, 0.29) is 17.8 Å². The number of hydrogen-bond acceptors (Lipinski definition) is 8. The van der Waals surface area contributed by atoms with Crippen LogP contribution in [-0.4, -0.2) is 48.0 Å². The van der Waals surface area contributed by atoms with Gasteiger partial charge in [-0.25, -0.2) is 4.98 Å². The Morgan fingerprint density at radius 3 is 2.64 bits per heavy atom. The van der Waals surface area contributed by atoms with Gasteiger partial charge in [-0.05, 0) is 36.2 Å². The number of aliphatic hydroxyl groups is 2. The zero-order chi connectivity index (χ0) is 19.8. The van der Waals surface area contributed by atoms with Gasteiger partial charge in [0.2, 0.25) is 11.2 Å². The molecule has 10 heteroatoms. The molecule has 1 fully saturated rings. The first-order valence-corrected chi connectivity index (χ1v) is 8.89. The molecule has 3 aromatic rings. The van der Waals surface area contributed by atoms with Crippen molar-refractivity contribution in [2.45, 2.75) is 38.1 Å². The van der Waals surface area contributed by atoms with Crippen molar-refractivity contribution in [1.29, 1.82) is 5.26 Å². The predicted octanol–water partition coefficient (Wildman–Crippen LogP) is 1.57. The summed E-state index contributed by atoms with van der Waals surface area (Å²) in [5.41, 5.74) is 2.07. The number of benzene rings is 1. The van der Waals surface area contributed by atoms with E-state index in [9.17, 15) is 10.2 Å². The second kappa shape index (κ2) is 7.33. The Kier molecular flexibility index (Phi) is 4.87. The van der Waals surface area contributed by atoms with Gasteiger partial charge in [0.05, 0.1) is 24.1 Å². The first-order chi connectivity index (χ1) is 13.5. The Morgan fingerprint density at radius 2 is 2.00 bits per heavy atom. The summed E-state index contributed by atoms with van der Waals surface area (Å²) < 4.78 is 12.9. The van der Waals surface area contributed by atoms with Gasteiger partial charge in [0, 0.05) is 0 Å². The Labute approximate surface area is 164 Å². The topological polar surface area (TPSA) is 126 Å². The fraction of sp³-hybridized carbons (Fsp3) is 0.333. The van der Waals surface area contributed by atoms with Crippen LogP contribution in [0.15, 0.2) is 30.6 Å². The molecule has 0 amide bonds. The number of aliphatic hydroxyl groups excluding tert-OH is 2. The Bertz CT molecular complexity index is 1050. The lowest BCUT2D eigenvalue weighted by Crippen LogP contribution is -2.30. The fourth-order valence-electron chi connectivity index (χ4n) is 3.04. The van der Waals surface area contributed by atoms with Crippen molar-refractivity contribution in [3.63, 3.8) is 0 Å². The van der Waals surface area contributed by atoms with Crippen LogP contribution in [0.2, 0.25) is 5.28 Å². The first-order valence-electron chi connectivity index (χ1n) is 8.51. The molecule has 0 spiro atoms. The molecule has 1 aliphatic rings. The quantitative estimate of drug-likeness (QED) is 0.631. The van der Waals surface area contributed by atoms with Crippen molar-refractivity contribution in [1.82, 2.24) is 19.5 Å². The van der Waals surface area contributed by atoms with E-state index in [1.165, 1.54) is 10.9 Å². The van der Waals surface area contributed by atoms with Crippen LogP contribution >= 0.6 is 11.6 Å². The summed E-state index contributed by atoms with van der Waals surface area (Å²) >= 11 is 6.04. The molecule has 0 radical (unpaired) electrons. The van der Waals surface area contributed by atoms with Crippen molar-refractivity contribution in [3.8, 4) is 11.9 Å². The van der Waals surface area contributed by atoms with Gasteiger partial charge in [-0.2, -0.15) is 15.2 Å². The Balaban J connectivity index is 1.63. The third-order valence-electron chi connectivity index (χ3n) is 4.57. The lowest BCUT2D eigenvalue weighted by Gasteiger charge is -2.16. The van der Waals surface area contributed by atoms with E-state index in [1.807, 2.05) is 0 Å². The SMILES string of the molecule is C[C@H]1O[C@@H](n2cnc3c(OCc4ccc(C#N)cc4)nc(Cl)nc32)[C@H](O)[C@@H]1O. The molecule has 0 bridgehead atoms. The number of nitriles is 1. The highest BCUT2D eigenvalue weighted by Gasteiger charge is 2.42. The highest BCUT2D eigenvalue weighted by atomic mass is 35.5. The molecule has 0 saturated carbocycles. The molecule has 4 atom stereocenters. The number of fused-ring (bicyclic) bond motifs is 1. The molecule has 1 saturated heterocycles. The van der Waals surface area contributed by atoms with Gasteiger partial charge in [0.25, 0.3) is 0 Å². The molecule has 0 aliphatic carbocycles. The lowest BCUT2D eigenvalue weighted by atomic mass is 10.1. The monoisotopic (exact) mass is 401 g/mol. The molecule has 2 aromatic heterocycles. The number of hydrogen-bond donors (Lipinski definition) is 2. The summed E-state index contributed by atoms with van der Waals surface area (Å²) in [6, 6.07) is 9.01. The van der Waals surface area contributed by atoms with Crippen molar-refractivity contribution >= 4 is 22.8 Å². The average molecular weight is 402 g/mol. The maximum absolute atomic E-state index is 10.2. The molecule has 28 heavy (non-hydrogen) atoms. The number of imidazole rings is 1. The van der Waals surface area contributed by atoms with Gasteiger partial charge >= 0.3 is 0 Å². The van der Waals surface area contributed by atoms with Gasteiger partial charge in [-0.3, -0.25) is 4.57 Å². The largest absolute Gasteiger partial charge is 0.471 e. The number of ether oxygens (including phenoxy) is 2. The van der Waals surface area contributed by atoms with Crippen LogP contribution in [0.25, 0.3) is 11.2 Å². The van der Waals surface area contributed by atoms with E-state index >= 15 is 0 Å². The summed E-state index contributed by atoms with van der Waals surface area (Å²) in [5.74, 6) is 0.180. The summed E-state index contributed by atoms with van der Waals surface area (Å²) in [5, 5.41) is 29.0. The number of nitrogens with zero attached hydrogens (tertiary/aromatic N) is 5. The van der Waals surface area contributed by atoms with E-state index in [1.54, 1.807) is 31.2 Å². The average Bonchev–Trinajstić information content (AvgIpc) is 3.22. The molecule has 2 N–H and O–H groups in total.